The van der Waals surface area contributed by atoms with E-state index in [0.29, 0.717) is 17.9 Å². The van der Waals surface area contributed by atoms with Gasteiger partial charge in [0.1, 0.15) is 5.75 Å². The molecule has 152 valence electrons. The number of benzene rings is 2. The maximum atomic E-state index is 12.5. The molecule has 2 aromatic carbocycles. The summed E-state index contributed by atoms with van der Waals surface area (Å²) in [5.74, 6) is -0.160. The molecule has 0 saturated carbocycles. The van der Waals surface area contributed by atoms with E-state index in [4.69, 9.17) is 4.74 Å². The van der Waals surface area contributed by atoms with Gasteiger partial charge in [0.25, 0.3) is 0 Å². The summed E-state index contributed by atoms with van der Waals surface area (Å²) in [6, 6.07) is 15.8. The lowest BCUT2D eigenvalue weighted by molar-refractivity contribution is -0.164. The molecular weight excluding hydrogens is 368 g/mol. The lowest BCUT2D eigenvalue weighted by Gasteiger charge is -2.43. The highest BCUT2D eigenvalue weighted by molar-refractivity contribution is 6.01. The minimum absolute atomic E-state index is 0.0400. The average molecular weight is 394 g/mol. The van der Waals surface area contributed by atoms with Crippen molar-refractivity contribution in [3.8, 4) is 5.75 Å². The molecule has 0 aliphatic carbocycles. The van der Waals surface area contributed by atoms with Gasteiger partial charge in [0.2, 0.25) is 5.91 Å². The minimum Gasteiger partial charge on any atom is -0.469 e. The number of amides is 3. The van der Waals surface area contributed by atoms with Gasteiger partial charge in [-0.05, 0) is 36.8 Å². The number of β-lactam (4-membered cyclic amide) rings is 1. The van der Waals surface area contributed by atoms with Crippen LogP contribution in [-0.2, 0) is 11.3 Å². The number of Topliss-reactive ketones (excluding diaryl/α,β-unsaturated/α-hetero) is 1. The van der Waals surface area contributed by atoms with Crippen LogP contribution < -0.4 is 10.1 Å². The first-order chi connectivity index (χ1) is 13.7. The molecule has 29 heavy (non-hydrogen) atoms. The third-order valence-corrected chi connectivity index (χ3v) is 4.87. The summed E-state index contributed by atoms with van der Waals surface area (Å²) in [5, 5.41) is 2.75. The number of carbonyl (C=O) groups excluding carboxylic acids is 3. The molecule has 0 radical (unpaired) electrons. The van der Waals surface area contributed by atoms with Crippen molar-refractivity contribution in [2.45, 2.75) is 40.5 Å². The number of nitrogens with zero attached hydrogens (tertiary/aromatic N) is 1. The van der Waals surface area contributed by atoms with Gasteiger partial charge in [-0.3, -0.25) is 9.59 Å². The Bertz CT molecular complexity index is 901. The minimum atomic E-state index is -0.678. The van der Waals surface area contributed by atoms with Gasteiger partial charge >= 0.3 is 6.03 Å². The van der Waals surface area contributed by atoms with Crippen LogP contribution in [0.2, 0.25) is 0 Å². The zero-order valence-electron chi connectivity index (χ0n) is 17.1. The summed E-state index contributed by atoms with van der Waals surface area (Å²) >= 11 is 0. The lowest BCUT2D eigenvalue weighted by atomic mass is 9.86. The summed E-state index contributed by atoms with van der Waals surface area (Å²) in [6.45, 7) is 7.66. The topological polar surface area (TPSA) is 75.7 Å². The Balaban J connectivity index is 1.64. The molecule has 1 heterocycles. The molecule has 6 heteroatoms. The Morgan fingerprint density at radius 3 is 2.24 bits per heavy atom. The van der Waals surface area contributed by atoms with Crippen molar-refractivity contribution in [1.82, 2.24) is 10.2 Å². The molecule has 0 spiro atoms. The Labute approximate surface area is 170 Å². The van der Waals surface area contributed by atoms with Crippen LogP contribution in [0.5, 0.6) is 5.75 Å². The number of nitrogens with one attached hydrogen (secondary N) is 1. The smallest absolute Gasteiger partial charge is 0.327 e. The second-order valence-corrected chi connectivity index (χ2v) is 8.25. The molecular formula is C23H26N2O4. The number of imide groups is 1. The highest BCUT2D eigenvalue weighted by Gasteiger charge is 2.50. The van der Waals surface area contributed by atoms with Gasteiger partial charge in [0, 0.05) is 17.5 Å². The first kappa shape index (κ1) is 20.6. The molecule has 1 aliphatic rings. The number of ketones is 1. The van der Waals surface area contributed by atoms with Crippen LogP contribution in [0.4, 0.5) is 4.79 Å². The molecule has 6 nitrogen and oxygen atoms in total. The van der Waals surface area contributed by atoms with E-state index in [-0.39, 0.29) is 11.7 Å². The molecule has 1 aliphatic heterocycles. The molecule has 2 aromatic rings. The van der Waals surface area contributed by atoms with Crippen molar-refractivity contribution in [2.75, 3.05) is 0 Å². The van der Waals surface area contributed by atoms with Gasteiger partial charge in [-0.1, -0.05) is 51.1 Å². The van der Waals surface area contributed by atoms with E-state index in [9.17, 15) is 14.4 Å². The van der Waals surface area contributed by atoms with Crippen molar-refractivity contribution in [3.63, 3.8) is 0 Å². The standard InChI is InChI=1S/C23H26N2O4/c1-15-20(27)25(22(28)24-14-16-8-6-5-7-9-16)21(15)29-18-12-10-17(11-13-18)19(26)23(2,3)4/h5-13,15,21H,14H2,1-4H3,(H,24,28)/t15-,21+/m0/s1. The van der Waals surface area contributed by atoms with Gasteiger partial charge in [0.05, 0.1) is 5.92 Å². The van der Waals surface area contributed by atoms with Crippen LogP contribution in [0.3, 0.4) is 0 Å². The molecule has 1 N–H and O–H groups in total. The molecule has 1 fully saturated rings. The highest BCUT2D eigenvalue weighted by Crippen LogP contribution is 2.30. The van der Waals surface area contributed by atoms with E-state index in [1.54, 1.807) is 31.2 Å². The van der Waals surface area contributed by atoms with Gasteiger partial charge in [-0.15, -0.1) is 0 Å². The molecule has 0 unspecified atom stereocenters. The largest absolute Gasteiger partial charge is 0.469 e. The zero-order valence-corrected chi connectivity index (χ0v) is 17.1. The van der Waals surface area contributed by atoms with Crippen LogP contribution in [0, 0.1) is 11.3 Å². The van der Waals surface area contributed by atoms with E-state index in [1.165, 1.54) is 0 Å². The Hall–Kier alpha value is -3.15. The predicted octanol–water partition coefficient (Wildman–Crippen LogP) is 4.01. The van der Waals surface area contributed by atoms with E-state index in [2.05, 4.69) is 5.32 Å². The van der Waals surface area contributed by atoms with Crippen LogP contribution in [-0.4, -0.2) is 28.8 Å². The second kappa shape index (κ2) is 8.07. The van der Waals surface area contributed by atoms with Crippen molar-refractivity contribution in [2.24, 2.45) is 11.3 Å². The van der Waals surface area contributed by atoms with Crippen LogP contribution in [0.25, 0.3) is 0 Å². The Kier molecular flexibility index (Phi) is 5.73. The number of hydrogen-bond acceptors (Lipinski definition) is 4. The summed E-state index contributed by atoms with van der Waals surface area (Å²) in [6.07, 6.45) is -0.678. The van der Waals surface area contributed by atoms with Crippen molar-refractivity contribution < 1.29 is 19.1 Å². The molecule has 0 aromatic heterocycles. The average Bonchev–Trinajstić information content (AvgIpc) is 2.71. The third-order valence-electron chi connectivity index (χ3n) is 4.87. The number of likely N-dealkylation sites (tertiary alicyclic amines) is 1. The fourth-order valence-electron chi connectivity index (χ4n) is 3.09. The van der Waals surface area contributed by atoms with Crippen LogP contribution >= 0.6 is 0 Å². The predicted molar refractivity (Wildman–Crippen MR) is 109 cm³/mol. The monoisotopic (exact) mass is 394 g/mol. The van der Waals surface area contributed by atoms with Gasteiger partial charge in [-0.2, -0.15) is 0 Å². The number of hydrogen-bond donors (Lipinski definition) is 1. The molecule has 2 atom stereocenters. The van der Waals surface area contributed by atoms with Crippen molar-refractivity contribution in [1.29, 1.82) is 0 Å². The summed E-state index contributed by atoms with van der Waals surface area (Å²) in [5.41, 5.74) is 1.07. The summed E-state index contributed by atoms with van der Waals surface area (Å²) in [4.78, 5) is 38.1. The normalized spacial score (nSPS) is 18.8. The summed E-state index contributed by atoms with van der Waals surface area (Å²) in [7, 11) is 0. The number of rotatable bonds is 5. The summed E-state index contributed by atoms with van der Waals surface area (Å²) < 4.78 is 5.87. The Morgan fingerprint density at radius 2 is 1.66 bits per heavy atom. The first-order valence-electron chi connectivity index (χ1n) is 9.65. The van der Waals surface area contributed by atoms with Gasteiger partial charge in [-0.25, -0.2) is 9.69 Å². The number of carbonyl (C=O) groups is 3. The third kappa shape index (κ3) is 4.47. The second-order valence-electron chi connectivity index (χ2n) is 8.25. The zero-order chi connectivity index (χ0) is 21.2. The quantitative estimate of drug-likeness (QED) is 0.614. The maximum absolute atomic E-state index is 12.5. The number of ether oxygens (including phenoxy) is 1. The highest BCUT2D eigenvalue weighted by atomic mass is 16.5. The van der Waals surface area contributed by atoms with E-state index in [0.717, 1.165) is 10.5 Å². The van der Waals surface area contributed by atoms with E-state index >= 15 is 0 Å². The lowest BCUT2D eigenvalue weighted by Crippen LogP contribution is -2.66. The van der Waals surface area contributed by atoms with Gasteiger partial charge < -0.3 is 10.1 Å². The van der Waals surface area contributed by atoms with Crippen molar-refractivity contribution >= 4 is 17.7 Å². The van der Waals surface area contributed by atoms with Crippen LogP contribution in [0.15, 0.2) is 54.6 Å². The van der Waals surface area contributed by atoms with Crippen LogP contribution in [0.1, 0.15) is 43.6 Å². The first-order valence-corrected chi connectivity index (χ1v) is 9.65. The fraction of sp³-hybridized carbons (Fsp3) is 0.348. The van der Waals surface area contributed by atoms with E-state index in [1.807, 2.05) is 51.1 Å². The molecule has 0 bridgehead atoms. The van der Waals surface area contributed by atoms with E-state index < -0.39 is 23.6 Å². The number of urea groups is 1. The van der Waals surface area contributed by atoms with Crippen molar-refractivity contribution in [3.05, 3.63) is 65.7 Å². The maximum Gasteiger partial charge on any atom is 0.327 e. The Morgan fingerprint density at radius 1 is 1.03 bits per heavy atom. The molecule has 3 amide bonds. The molecule has 1 saturated heterocycles. The fourth-order valence-corrected chi connectivity index (χ4v) is 3.09. The van der Waals surface area contributed by atoms with Gasteiger partial charge in [0.15, 0.2) is 12.0 Å². The molecule has 3 rings (SSSR count). The SMILES string of the molecule is C[C@H]1C(=O)N(C(=O)NCc2ccccc2)[C@@H]1Oc1ccc(C(=O)C(C)(C)C)cc1.